The third-order valence-corrected chi connectivity index (χ3v) is 8.39. The summed E-state index contributed by atoms with van der Waals surface area (Å²) >= 11 is 0. The molecule has 0 saturated heterocycles. The summed E-state index contributed by atoms with van der Waals surface area (Å²) in [6.07, 6.45) is 0. The maximum absolute atomic E-state index is 13.6. The van der Waals surface area contributed by atoms with Gasteiger partial charge in [-0.15, -0.1) is 0 Å². The van der Waals surface area contributed by atoms with Gasteiger partial charge in [0.05, 0.1) is 21.2 Å². The lowest BCUT2D eigenvalue weighted by molar-refractivity contribution is 0.441. The van der Waals surface area contributed by atoms with Gasteiger partial charge in [0.2, 0.25) is 9.84 Å². The van der Waals surface area contributed by atoms with E-state index >= 15 is 0 Å². The fraction of sp³-hybridized carbons (Fsp3) is 0.192. The van der Waals surface area contributed by atoms with Crippen molar-refractivity contribution in [2.24, 2.45) is 0 Å². The minimum Gasteiger partial charge on any atom is -0.245 e. The molecule has 0 bridgehead atoms. The highest BCUT2D eigenvalue weighted by molar-refractivity contribution is 7.91. The molecule has 0 N–H and O–H groups in total. The number of nitrogens with zero attached hydrogens (tertiary/aromatic N) is 2. The quantitative estimate of drug-likeness (QED) is 0.338. The summed E-state index contributed by atoms with van der Waals surface area (Å²) in [7, 11) is -3.63. The van der Waals surface area contributed by atoms with Crippen molar-refractivity contribution in [2.45, 2.75) is 41.5 Å². The van der Waals surface area contributed by atoms with Crippen LogP contribution in [0.4, 0.5) is 0 Å². The molecular formula is C26H22N2O2S. The van der Waals surface area contributed by atoms with E-state index in [2.05, 4.69) is 43.7 Å². The summed E-state index contributed by atoms with van der Waals surface area (Å²) in [6, 6.07) is 25.2. The number of sulfone groups is 1. The Morgan fingerprint density at radius 1 is 0.774 bits per heavy atom. The predicted octanol–water partition coefficient (Wildman–Crippen LogP) is 5.15. The molecule has 3 heterocycles. The Morgan fingerprint density at radius 2 is 1.29 bits per heavy atom. The van der Waals surface area contributed by atoms with Crippen molar-refractivity contribution in [2.75, 3.05) is 0 Å². The van der Waals surface area contributed by atoms with Crippen molar-refractivity contribution in [3.05, 3.63) is 101 Å². The minimum atomic E-state index is -3.63. The highest BCUT2D eigenvalue weighted by Gasteiger charge is 2.54. The first-order valence-electron chi connectivity index (χ1n) is 10.4. The van der Waals surface area contributed by atoms with Gasteiger partial charge in [-0.2, -0.15) is 5.10 Å². The molecule has 1 spiro atoms. The molecule has 5 heteroatoms. The number of benzene rings is 3. The smallest absolute Gasteiger partial charge is 0.207 e. The van der Waals surface area contributed by atoms with E-state index in [9.17, 15) is 8.42 Å². The number of rotatable bonds is 0. The predicted molar refractivity (Wildman–Crippen MR) is 120 cm³/mol. The molecule has 0 aliphatic carbocycles. The van der Waals surface area contributed by atoms with Gasteiger partial charge in [0.15, 0.2) is 0 Å². The molecule has 2 aliphatic rings. The van der Waals surface area contributed by atoms with Crippen LogP contribution in [0.3, 0.4) is 0 Å². The van der Waals surface area contributed by atoms with E-state index in [1.165, 1.54) is 0 Å². The van der Waals surface area contributed by atoms with E-state index in [1.807, 2.05) is 36.4 Å². The molecule has 6 rings (SSSR count). The molecule has 3 aromatic carbocycles. The Hall–Kier alpha value is -3.18. The fourth-order valence-electron chi connectivity index (χ4n) is 5.11. The Balaban J connectivity index is 1.86. The van der Waals surface area contributed by atoms with E-state index in [1.54, 1.807) is 24.3 Å². The van der Waals surface area contributed by atoms with Gasteiger partial charge in [0, 0.05) is 22.1 Å². The van der Waals surface area contributed by atoms with Crippen LogP contribution in [-0.2, 0) is 20.8 Å². The maximum Gasteiger partial charge on any atom is 0.207 e. The molecule has 4 nitrogen and oxygen atoms in total. The third-order valence-electron chi connectivity index (χ3n) is 6.52. The van der Waals surface area contributed by atoms with Gasteiger partial charge in [-0.25, -0.2) is 13.1 Å². The number of aromatic nitrogens is 2. The zero-order valence-corrected chi connectivity index (χ0v) is 18.4. The normalized spacial score (nSPS) is 17.0. The highest BCUT2D eigenvalue weighted by Crippen LogP contribution is 2.57. The van der Waals surface area contributed by atoms with Gasteiger partial charge in [0.1, 0.15) is 5.54 Å². The second kappa shape index (κ2) is 5.74. The summed E-state index contributed by atoms with van der Waals surface area (Å²) in [5.41, 5.74) is 4.71. The Labute approximate surface area is 182 Å². The molecule has 0 fully saturated rings. The van der Waals surface area contributed by atoms with Crippen LogP contribution in [0.15, 0.2) is 88.7 Å². The lowest BCUT2D eigenvalue weighted by atomic mass is 9.77. The molecule has 1 aromatic heterocycles. The van der Waals surface area contributed by atoms with Crippen molar-refractivity contribution in [3.8, 4) is 11.3 Å². The topological polar surface area (TPSA) is 52.0 Å². The monoisotopic (exact) mass is 426 g/mol. The van der Waals surface area contributed by atoms with E-state index < -0.39 is 15.4 Å². The SMILES string of the molecule is CC(C)(C)c1cc2n(n1)C1(c3ccccc3-2)c2ccccc2S(=O)(=O)c2ccccc21. The van der Waals surface area contributed by atoms with Crippen LogP contribution in [0.5, 0.6) is 0 Å². The van der Waals surface area contributed by atoms with Crippen molar-refractivity contribution in [1.82, 2.24) is 9.78 Å². The molecular weight excluding hydrogens is 404 g/mol. The first-order valence-corrected chi connectivity index (χ1v) is 11.9. The Morgan fingerprint density at radius 3 is 1.87 bits per heavy atom. The summed E-state index contributed by atoms with van der Waals surface area (Å²) in [5, 5.41) is 5.12. The van der Waals surface area contributed by atoms with Crippen LogP contribution in [-0.4, -0.2) is 18.2 Å². The molecule has 0 amide bonds. The van der Waals surface area contributed by atoms with Crippen LogP contribution >= 0.6 is 0 Å². The first kappa shape index (κ1) is 18.6. The molecule has 4 aromatic rings. The standard InChI is InChI=1S/C26H22N2O2S/c1-25(2,3)24-16-21-17-10-4-5-11-18(17)26(28(21)27-24)19-12-6-8-14-22(19)31(29,30)23-15-9-7-13-20(23)26/h4-16H,1-3H3. The fourth-order valence-corrected chi connectivity index (χ4v) is 6.88. The average molecular weight is 427 g/mol. The molecule has 31 heavy (non-hydrogen) atoms. The number of fused-ring (bicyclic) bond motifs is 9. The Bertz CT molecular complexity index is 1440. The van der Waals surface area contributed by atoms with Crippen LogP contribution < -0.4 is 0 Å². The molecule has 154 valence electrons. The van der Waals surface area contributed by atoms with Gasteiger partial charge in [-0.1, -0.05) is 81.4 Å². The average Bonchev–Trinajstić information content (AvgIpc) is 3.31. The van der Waals surface area contributed by atoms with Gasteiger partial charge < -0.3 is 0 Å². The van der Waals surface area contributed by atoms with Gasteiger partial charge in [0.25, 0.3) is 0 Å². The van der Waals surface area contributed by atoms with Crippen LogP contribution in [0.1, 0.15) is 43.2 Å². The largest absolute Gasteiger partial charge is 0.245 e. The second-order valence-corrected chi connectivity index (χ2v) is 11.2. The van der Waals surface area contributed by atoms with Crippen molar-refractivity contribution in [3.63, 3.8) is 0 Å². The highest BCUT2D eigenvalue weighted by atomic mass is 32.2. The van der Waals surface area contributed by atoms with E-state index in [4.69, 9.17) is 5.10 Å². The van der Waals surface area contributed by atoms with Crippen LogP contribution in [0.25, 0.3) is 11.3 Å². The van der Waals surface area contributed by atoms with Crippen molar-refractivity contribution >= 4 is 9.84 Å². The van der Waals surface area contributed by atoms with E-state index in [0.29, 0.717) is 9.79 Å². The minimum absolute atomic E-state index is 0.132. The van der Waals surface area contributed by atoms with Gasteiger partial charge >= 0.3 is 0 Å². The molecule has 0 unspecified atom stereocenters. The lowest BCUT2D eigenvalue weighted by Crippen LogP contribution is -2.41. The van der Waals surface area contributed by atoms with Crippen LogP contribution in [0, 0.1) is 0 Å². The zero-order chi connectivity index (χ0) is 21.6. The summed E-state index contributed by atoms with van der Waals surface area (Å²) in [4.78, 5) is 0.702. The molecule has 0 atom stereocenters. The Kier molecular flexibility index (Phi) is 3.44. The van der Waals surface area contributed by atoms with E-state index in [-0.39, 0.29) is 5.41 Å². The summed E-state index contributed by atoms with van der Waals surface area (Å²) in [5.74, 6) is 0. The number of hydrogen-bond donors (Lipinski definition) is 0. The third kappa shape index (κ3) is 2.14. The molecule has 0 saturated carbocycles. The maximum atomic E-state index is 13.6. The van der Waals surface area contributed by atoms with Gasteiger partial charge in [-0.05, 0) is 23.8 Å². The first-order chi connectivity index (χ1) is 14.8. The summed E-state index contributed by atoms with van der Waals surface area (Å²) < 4.78 is 29.2. The second-order valence-electron chi connectivity index (χ2n) is 9.33. The van der Waals surface area contributed by atoms with Crippen LogP contribution in [0.2, 0.25) is 0 Å². The van der Waals surface area contributed by atoms with Crippen molar-refractivity contribution < 1.29 is 8.42 Å². The molecule has 0 radical (unpaired) electrons. The summed E-state index contributed by atoms with van der Waals surface area (Å²) in [6.45, 7) is 6.45. The van der Waals surface area contributed by atoms with Crippen molar-refractivity contribution in [1.29, 1.82) is 0 Å². The van der Waals surface area contributed by atoms with E-state index in [0.717, 1.165) is 33.6 Å². The van der Waals surface area contributed by atoms with Gasteiger partial charge in [-0.3, -0.25) is 0 Å². The lowest BCUT2D eigenvalue weighted by Gasteiger charge is -2.39. The number of hydrogen-bond acceptors (Lipinski definition) is 3. The zero-order valence-electron chi connectivity index (χ0n) is 17.6. The molecule has 2 aliphatic heterocycles.